The number of carboxylic acid groups (broad SMARTS) is 2. The van der Waals surface area contributed by atoms with Crippen molar-refractivity contribution in [1.29, 1.82) is 0 Å². The number of hydrogen-bond acceptors (Lipinski definition) is 2. The molecule has 0 heterocycles. The van der Waals surface area contributed by atoms with Gasteiger partial charge in [0, 0.05) is 0 Å². The molecule has 0 aliphatic carbocycles. The monoisotopic (exact) mass is 154 g/mol. The molecule has 0 amide bonds. The number of rotatable bonds is 4. The van der Waals surface area contributed by atoms with E-state index in [1.807, 2.05) is 0 Å². The summed E-state index contributed by atoms with van der Waals surface area (Å²) in [5.74, 6) is -2.84. The van der Waals surface area contributed by atoms with E-state index >= 15 is 0 Å². The largest absolute Gasteiger partial charge is 1.00 e. The molecule has 0 bridgehead atoms. The number of carboxylic acids is 2. The molecule has 0 saturated carbocycles. The predicted octanol–water partition coefficient (Wildman–Crippen LogP) is -2.31. The Morgan fingerprint density at radius 2 is 1.91 bits per heavy atom. The van der Waals surface area contributed by atoms with Gasteiger partial charge in [-0.3, -0.25) is 9.59 Å². The third-order valence-corrected chi connectivity index (χ3v) is 1.26. The Bertz CT molecular complexity index is 150. The van der Waals surface area contributed by atoms with Crippen LogP contribution < -0.4 is 18.9 Å². The maximum absolute atomic E-state index is 10.2. The molecule has 0 aliphatic heterocycles. The Morgan fingerprint density at radius 3 is 2.00 bits per heavy atom. The van der Waals surface area contributed by atoms with Crippen LogP contribution in [0.25, 0.3) is 0 Å². The maximum Gasteiger partial charge on any atom is 1.00 e. The van der Waals surface area contributed by atoms with E-state index in [1.54, 1.807) is 6.92 Å². The van der Waals surface area contributed by atoms with Gasteiger partial charge in [0.2, 0.25) is 0 Å². The van der Waals surface area contributed by atoms with Crippen molar-refractivity contribution in [3.63, 3.8) is 0 Å². The summed E-state index contributed by atoms with van der Waals surface area (Å²) in [4.78, 5) is 20.2. The molecule has 11 heavy (non-hydrogen) atoms. The van der Waals surface area contributed by atoms with Crippen molar-refractivity contribution in [1.82, 2.24) is 0 Å². The Balaban J connectivity index is -0.000000405. The van der Waals surface area contributed by atoms with E-state index in [2.05, 4.69) is 0 Å². The third kappa shape index (κ3) is 5.96. The quantitative estimate of drug-likeness (QED) is 0.446. The van der Waals surface area contributed by atoms with Crippen molar-refractivity contribution in [2.75, 3.05) is 0 Å². The Hall–Kier alpha value is -0.463. The van der Waals surface area contributed by atoms with Gasteiger partial charge < -0.3 is 11.6 Å². The molecule has 4 nitrogen and oxygen atoms in total. The zero-order chi connectivity index (χ0) is 8.15. The maximum atomic E-state index is 10.2. The molecule has 0 aliphatic rings. The summed E-state index contributed by atoms with van der Waals surface area (Å²) in [7, 11) is 0. The first kappa shape index (κ1) is 13.2. The molecule has 60 valence electrons. The Labute approximate surface area is 78.3 Å². The van der Waals surface area contributed by atoms with Crippen molar-refractivity contribution in [3.8, 4) is 0 Å². The SMILES string of the molecule is CCC(CC(=O)O)C(=O)O.[H-].[Li+]. The number of hydrogen-bond donors (Lipinski definition) is 2. The van der Waals surface area contributed by atoms with Gasteiger partial charge in [-0.1, -0.05) is 6.92 Å². The van der Waals surface area contributed by atoms with Crippen molar-refractivity contribution < 1.29 is 40.1 Å². The summed E-state index contributed by atoms with van der Waals surface area (Å²) in [6.07, 6.45) is 0.0769. The van der Waals surface area contributed by atoms with Crippen molar-refractivity contribution in [3.05, 3.63) is 0 Å². The summed E-state index contributed by atoms with van der Waals surface area (Å²) in [6.45, 7) is 1.65. The molecule has 0 fully saturated rings. The molecule has 1 atom stereocenters. The fourth-order valence-corrected chi connectivity index (χ4v) is 0.617. The molecule has 0 aromatic carbocycles. The van der Waals surface area contributed by atoms with E-state index in [9.17, 15) is 9.59 Å². The Morgan fingerprint density at radius 1 is 1.45 bits per heavy atom. The van der Waals surface area contributed by atoms with Crippen LogP contribution in [0.4, 0.5) is 0 Å². The van der Waals surface area contributed by atoms with Crippen molar-refractivity contribution in [2.45, 2.75) is 19.8 Å². The van der Waals surface area contributed by atoms with Crippen LogP contribution in [0.5, 0.6) is 0 Å². The van der Waals surface area contributed by atoms with Crippen LogP contribution in [0.15, 0.2) is 0 Å². The molecule has 2 N–H and O–H groups in total. The van der Waals surface area contributed by atoms with E-state index in [1.165, 1.54) is 0 Å². The van der Waals surface area contributed by atoms with Gasteiger partial charge in [0.1, 0.15) is 0 Å². The summed E-state index contributed by atoms with van der Waals surface area (Å²) < 4.78 is 0. The summed E-state index contributed by atoms with van der Waals surface area (Å²) in [5, 5.41) is 16.6. The topological polar surface area (TPSA) is 74.6 Å². The van der Waals surface area contributed by atoms with Crippen LogP contribution >= 0.6 is 0 Å². The molecule has 0 aromatic heterocycles. The fraction of sp³-hybridized carbons (Fsp3) is 0.667. The molecule has 0 rings (SSSR count). The van der Waals surface area contributed by atoms with E-state index < -0.39 is 17.9 Å². The van der Waals surface area contributed by atoms with Gasteiger partial charge in [0.15, 0.2) is 0 Å². The van der Waals surface area contributed by atoms with Crippen molar-refractivity contribution >= 4 is 11.9 Å². The number of carbonyl (C=O) groups is 2. The van der Waals surface area contributed by atoms with Crippen LogP contribution in [-0.4, -0.2) is 22.2 Å². The van der Waals surface area contributed by atoms with Crippen molar-refractivity contribution in [2.24, 2.45) is 5.92 Å². The van der Waals surface area contributed by atoms with E-state index in [-0.39, 0.29) is 26.7 Å². The number of aliphatic carboxylic acids is 2. The average Bonchev–Trinajstić information content (AvgIpc) is 1.81. The van der Waals surface area contributed by atoms with E-state index in [0.717, 1.165) is 0 Å². The fourth-order valence-electron chi connectivity index (χ4n) is 0.617. The standard InChI is InChI=1S/C6H10O4.Li.H/c1-2-4(6(9)10)3-5(7)8;;/h4H,2-3H2,1H3,(H,7,8)(H,9,10);;/q;+1;-1. The van der Waals surface area contributed by atoms with Crippen LogP contribution in [-0.2, 0) is 9.59 Å². The van der Waals surface area contributed by atoms with E-state index in [0.29, 0.717) is 6.42 Å². The first-order valence-corrected chi connectivity index (χ1v) is 3.02. The zero-order valence-corrected chi connectivity index (χ0v) is 6.70. The van der Waals surface area contributed by atoms with Gasteiger partial charge >= 0.3 is 30.8 Å². The summed E-state index contributed by atoms with van der Waals surface area (Å²) in [5.41, 5.74) is 0. The van der Waals surface area contributed by atoms with E-state index in [4.69, 9.17) is 10.2 Å². The predicted molar refractivity (Wildman–Crippen MR) is 34.8 cm³/mol. The molecule has 0 radical (unpaired) electrons. The van der Waals surface area contributed by atoms with Gasteiger partial charge in [-0.15, -0.1) is 0 Å². The van der Waals surface area contributed by atoms with Gasteiger partial charge in [0.25, 0.3) is 0 Å². The molecule has 1 unspecified atom stereocenters. The van der Waals surface area contributed by atoms with Gasteiger partial charge in [-0.25, -0.2) is 0 Å². The minimum Gasteiger partial charge on any atom is -1.00 e. The smallest absolute Gasteiger partial charge is 1.00 e. The second-order valence-corrected chi connectivity index (χ2v) is 2.04. The average molecular weight is 154 g/mol. The zero-order valence-electron chi connectivity index (χ0n) is 7.70. The third-order valence-electron chi connectivity index (χ3n) is 1.26. The molecular weight excluding hydrogens is 143 g/mol. The molecule has 0 saturated heterocycles. The van der Waals surface area contributed by atoms with Crippen LogP contribution in [0.2, 0.25) is 0 Å². The molecular formula is C6H11LiO4. The second-order valence-electron chi connectivity index (χ2n) is 2.04. The van der Waals surface area contributed by atoms with Gasteiger partial charge in [-0.2, -0.15) is 0 Å². The first-order valence-electron chi connectivity index (χ1n) is 3.02. The normalized spacial score (nSPS) is 11.4. The Kier molecular flexibility index (Phi) is 7.48. The van der Waals surface area contributed by atoms with Crippen LogP contribution in [0.3, 0.4) is 0 Å². The summed E-state index contributed by atoms with van der Waals surface area (Å²) >= 11 is 0. The van der Waals surface area contributed by atoms with Gasteiger partial charge in [-0.05, 0) is 6.42 Å². The molecule has 0 aromatic rings. The van der Waals surface area contributed by atoms with Gasteiger partial charge in [0.05, 0.1) is 12.3 Å². The summed E-state index contributed by atoms with van der Waals surface area (Å²) in [6, 6.07) is 0. The second kappa shape index (κ2) is 6.26. The van der Waals surface area contributed by atoms with Crippen LogP contribution in [0.1, 0.15) is 21.2 Å². The minimum atomic E-state index is -1.06. The molecule has 0 spiro atoms. The molecule has 5 heteroatoms. The minimum absolute atomic E-state index is 0. The first-order chi connectivity index (χ1) is 4.57. The van der Waals surface area contributed by atoms with Crippen LogP contribution in [0, 0.1) is 5.92 Å².